The average molecular weight is 360 g/mol. The van der Waals surface area contributed by atoms with E-state index >= 15 is 0 Å². The van der Waals surface area contributed by atoms with Crippen molar-refractivity contribution in [2.45, 2.75) is 26.2 Å². The zero-order valence-corrected chi connectivity index (χ0v) is 14.4. The van der Waals surface area contributed by atoms with E-state index in [4.69, 9.17) is 0 Å². The van der Waals surface area contributed by atoms with E-state index in [-0.39, 0.29) is 5.41 Å². The smallest absolute Gasteiger partial charge is 0.178 e. The Hall–Kier alpha value is -1.95. The second kappa shape index (κ2) is 5.68. The molecule has 114 valence electrons. The number of nitrogens with one attached hydrogen (secondary N) is 1. The third kappa shape index (κ3) is 2.97. The predicted molar refractivity (Wildman–Crippen MR) is 91.2 cm³/mol. The highest BCUT2D eigenvalue weighted by Gasteiger charge is 2.20. The number of benzene rings is 1. The van der Waals surface area contributed by atoms with Gasteiger partial charge in [-0.2, -0.15) is 4.52 Å². The molecular formula is C16H18BrN5. The summed E-state index contributed by atoms with van der Waals surface area (Å²) in [6, 6.07) is 12.3. The largest absolute Gasteiger partial charge is 0.368 e. The lowest BCUT2D eigenvalue weighted by Crippen LogP contribution is -2.28. The molecule has 0 atom stereocenters. The van der Waals surface area contributed by atoms with E-state index in [1.165, 1.54) is 5.56 Å². The number of anilines is 1. The van der Waals surface area contributed by atoms with Crippen LogP contribution in [0.15, 0.2) is 40.9 Å². The van der Waals surface area contributed by atoms with Gasteiger partial charge in [-0.1, -0.05) is 41.9 Å². The normalized spacial score (nSPS) is 11.8. The van der Waals surface area contributed by atoms with Crippen LogP contribution in [0.3, 0.4) is 0 Å². The summed E-state index contributed by atoms with van der Waals surface area (Å²) < 4.78 is 2.84. The number of hydrogen-bond acceptors (Lipinski definition) is 4. The number of rotatable bonds is 4. The van der Waals surface area contributed by atoms with Gasteiger partial charge in [-0.15, -0.1) is 15.3 Å². The number of halogens is 1. The summed E-state index contributed by atoms with van der Waals surface area (Å²) in [7, 11) is 0. The van der Waals surface area contributed by atoms with E-state index in [9.17, 15) is 0 Å². The first kappa shape index (κ1) is 15.0. The molecule has 2 aromatic heterocycles. The minimum atomic E-state index is -0.0113. The van der Waals surface area contributed by atoms with Gasteiger partial charge in [0, 0.05) is 16.4 Å². The molecule has 0 radical (unpaired) electrons. The lowest BCUT2D eigenvalue weighted by molar-refractivity contribution is 0.555. The summed E-state index contributed by atoms with van der Waals surface area (Å²) in [6.07, 6.45) is 0. The molecule has 0 saturated carbocycles. The Balaban J connectivity index is 1.79. The van der Waals surface area contributed by atoms with Crippen LogP contribution in [0.2, 0.25) is 0 Å². The lowest BCUT2D eigenvalue weighted by atomic mass is 9.84. The molecule has 0 spiro atoms. The van der Waals surface area contributed by atoms with E-state index in [1.54, 1.807) is 4.52 Å². The van der Waals surface area contributed by atoms with Crippen molar-refractivity contribution in [2.75, 3.05) is 11.9 Å². The molecule has 0 unspecified atom stereocenters. The van der Waals surface area contributed by atoms with Gasteiger partial charge in [-0.3, -0.25) is 0 Å². The number of aromatic nitrogens is 4. The SMILES string of the molecule is Cc1nnc2ccc(NCC(C)(C)c3cccc(Br)c3)nn12. The highest BCUT2D eigenvalue weighted by molar-refractivity contribution is 9.10. The van der Waals surface area contributed by atoms with Crippen LogP contribution in [0, 0.1) is 6.92 Å². The van der Waals surface area contributed by atoms with E-state index in [2.05, 4.69) is 68.6 Å². The number of nitrogens with zero attached hydrogens (tertiary/aromatic N) is 4. The maximum Gasteiger partial charge on any atom is 0.178 e. The fourth-order valence-corrected chi connectivity index (χ4v) is 2.71. The molecule has 3 rings (SSSR count). The fourth-order valence-electron chi connectivity index (χ4n) is 2.31. The number of hydrogen-bond donors (Lipinski definition) is 1. The summed E-state index contributed by atoms with van der Waals surface area (Å²) in [4.78, 5) is 0. The molecule has 2 heterocycles. The van der Waals surface area contributed by atoms with Gasteiger partial charge in [0.15, 0.2) is 11.5 Å². The number of aryl methyl sites for hydroxylation is 1. The first-order valence-corrected chi connectivity index (χ1v) is 7.94. The van der Waals surface area contributed by atoms with Crippen LogP contribution in [0.25, 0.3) is 5.65 Å². The lowest BCUT2D eigenvalue weighted by Gasteiger charge is -2.26. The maximum atomic E-state index is 4.52. The van der Waals surface area contributed by atoms with Crippen LogP contribution in [0.5, 0.6) is 0 Å². The van der Waals surface area contributed by atoms with Crippen LogP contribution in [0.4, 0.5) is 5.82 Å². The van der Waals surface area contributed by atoms with Crippen molar-refractivity contribution in [3.8, 4) is 0 Å². The van der Waals surface area contributed by atoms with Crippen molar-refractivity contribution >= 4 is 27.4 Å². The zero-order valence-electron chi connectivity index (χ0n) is 12.8. The Morgan fingerprint density at radius 2 is 2.00 bits per heavy atom. The Morgan fingerprint density at radius 1 is 1.18 bits per heavy atom. The second-order valence-electron chi connectivity index (χ2n) is 5.98. The molecule has 6 heteroatoms. The molecule has 0 aliphatic heterocycles. The van der Waals surface area contributed by atoms with Gasteiger partial charge in [-0.25, -0.2) is 0 Å². The molecule has 0 amide bonds. The predicted octanol–water partition coefficient (Wildman–Crippen LogP) is 3.58. The van der Waals surface area contributed by atoms with E-state index in [0.717, 1.165) is 28.3 Å². The molecule has 0 bridgehead atoms. The van der Waals surface area contributed by atoms with Crippen molar-refractivity contribution in [1.82, 2.24) is 19.8 Å². The van der Waals surface area contributed by atoms with Crippen molar-refractivity contribution in [1.29, 1.82) is 0 Å². The van der Waals surface area contributed by atoms with Crippen molar-refractivity contribution in [3.05, 3.63) is 52.3 Å². The molecular weight excluding hydrogens is 342 g/mol. The van der Waals surface area contributed by atoms with Gasteiger partial charge >= 0.3 is 0 Å². The minimum Gasteiger partial charge on any atom is -0.368 e. The Labute approximate surface area is 137 Å². The Kier molecular flexibility index (Phi) is 3.87. The van der Waals surface area contributed by atoms with Gasteiger partial charge in [0.2, 0.25) is 0 Å². The van der Waals surface area contributed by atoms with E-state index < -0.39 is 0 Å². The first-order valence-electron chi connectivity index (χ1n) is 7.15. The number of fused-ring (bicyclic) bond motifs is 1. The van der Waals surface area contributed by atoms with E-state index in [0.29, 0.717) is 0 Å². The van der Waals surface area contributed by atoms with Crippen LogP contribution in [-0.4, -0.2) is 26.4 Å². The maximum absolute atomic E-state index is 4.52. The van der Waals surface area contributed by atoms with Gasteiger partial charge in [0.1, 0.15) is 5.82 Å². The molecule has 0 fully saturated rings. The standard InChI is InChI=1S/C16H18BrN5/c1-11-19-20-15-8-7-14(21-22(11)15)18-10-16(2,3)12-5-4-6-13(17)9-12/h4-9H,10H2,1-3H3,(H,18,21). The summed E-state index contributed by atoms with van der Waals surface area (Å²) in [5.74, 6) is 1.60. The van der Waals surface area contributed by atoms with Crippen molar-refractivity contribution < 1.29 is 0 Å². The molecule has 0 aliphatic rings. The monoisotopic (exact) mass is 359 g/mol. The van der Waals surface area contributed by atoms with Gasteiger partial charge in [0.25, 0.3) is 0 Å². The first-order chi connectivity index (χ1) is 10.5. The average Bonchev–Trinajstić information content (AvgIpc) is 2.86. The summed E-state index contributed by atoms with van der Waals surface area (Å²) in [5, 5.41) is 16.0. The minimum absolute atomic E-state index is 0.0113. The molecule has 0 saturated heterocycles. The Morgan fingerprint density at radius 3 is 2.77 bits per heavy atom. The molecule has 1 N–H and O–H groups in total. The molecule has 0 aliphatic carbocycles. The molecule has 3 aromatic rings. The summed E-state index contributed by atoms with van der Waals surface area (Å²) >= 11 is 3.53. The van der Waals surface area contributed by atoms with Gasteiger partial charge in [0.05, 0.1) is 0 Å². The topological polar surface area (TPSA) is 55.1 Å². The molecule has 1 aromatic carbocycles. The van der Waals surface area contributed by atoms with E-state index in [1.807, 2.05) is 25.1 Å². The zero-order chi connectivity index (χ0) is 15.7. The van der Waals surface area contributed by atoms with Crippen LogP contribution >= 0.6 is 15.9 Å². The molecule has 22 heavy (non-hydrogen) atoms. The summed E-state index contributed by atoms with van der Waals surface area (Å²) in [5.41, 5.74) is 2.02. The van der Waals surface area contributed by atoms with Crippen LogP contribution in [-0.2, 0) is 5.41 Å². The quantitative estimate of drug-likeness (QED) is 0.773. The third-order valence-corrected chi connectivity index (χ3v) is 4.23. The Bertz CT molecular complexity index is 809. The molecule has 5 nitrogen and oxygen atoms in total. The highest BCUT2D eigenvalue weighted by atomic mass is 79.9. The van der Waals surface area contributed by atoms with Crippen molar-refractivity contribution in [2.24, 2.45) is 0 Å². The van der Waals surface area contributed by atoms with Crippen LogP contribution < -0.4 is 5.32 Å². The van der Waals surface area contributed by atoms with Gasteiger partial charge in [-0.05, 0) is 36.8 Å². The van der Waals surface area contributed by atoms with Crippen molar-refractivity contribution in [3.63, 3.8) is 0 Å². The van der Waals surface area contributed by atoms with Crippen LogP contribution in [0.1, 0.15) is 25.2 Å². The highest BCUT2D eigenvalue weighted by Crippen LogP contribution is 2.26. The second-order valence-corrected chi connectivity index (χ2v) is 6.90. The van der Waals surface area contributed by atoms with Gasteiger partial charge < -0.3 is 5.32 Å². The fraction of sp³-hybridized carbons (Fsp3) is 0.312. The summed E-state index contributed by atoms with van der Waals surface area (Å²) in [6.45, 7) is 7.10. The third-order valence-electron chi connectivity index (χ3n) is 3.74.